The van der Waals surface area contributed by atoms with Crippen molar-refractivity contribution in [1.82, 2.24) is 4.90 Å². The predicted octanol–water partition coefficient (Wildman–Crippen LogP) is 6.96. The minimum absolute atomic E-state index is 0.00271. The standard InChI is InChI=1S/C32H35NO3/c1-21(2)22-14-16-23(17-15-22)32(35)18-24-8-7-9-25(19-32)33(24)31(34)36-20-30-28-12-5-3-10-26(28)27-11-4-6-13-29(27)30/h3-6,10-17,21,24-25,30,35H,7-9,18-20H2,1-2H3. The van der Waals surface area contributed by atoms with Crippen molar-refractivity contribution in [2.24, 2.45) is 0 Å². The monoisotopic (exact) mass is 481 g/mol. The van der Waals surface area contributed by atoms with Gasteiger partial charge in [0.2, 0.25) is 0 Å². The number of amides is 1. The van der Waals surface area contributed by atoms with Crippen LogP contribution in [0.15, 0.2) is 72.8 Å². The van der Waals surface area contributed by atoms with Gasteiger partial charge in [0, 0.05) is 30.8 Å². The van der Waals surface area contributed by atoms with Crippen LogP contribution in [-0.2, 0) is 10.3 Å². The Hall–Kier alpha value is -3.11. The maximum absolute atomic E-state index is 13.5. The van der Waals surface area contributed by atoms with Crippen molar-refractivity contribution in [2.75, 3.05) is 6.61 Å². The van der Waals surface area contributed by atoms with Gasteiger partial charge < -0.3 is 14.7 Å². The summed E-state index contributed by atoms with van der Waals surface area (Å²) in [5.74, 6) is 0.519. The summed E-state index contributed by atoms with van der Waals surface area (Å²) < 4.78 is 6.04. The van der Waals surface area contributed by atoms with E-state index in [0.717, 1.165) is 24.8 Å². The van der Waals surface area contributed by atoms with E-state index in [1.807, 2.05) is 4.90 Å². The van der Waals surface area contributed by atoms with Crippen LogP contribution in [0.2, 0.25) is 0 Å². The normalized spacial score (nSPS) is 24.9. The first-order valence-corrected chi connectivity index (χ1v) is 13.4. The molecule has 3 aromatic carbocycles. The van der Waals surface area contributed by atoms with Gasteiger partial charge in [0.1, 0.15) is 6.61 Å². The Bertz CT molecular complexity index is 1200. The van der Waals surface area contributed by atoms with Crippen LogP contribution >= 0.6 is 0 Å². The first kappa shape index (κ1) is 23.3. The molecule has 2 aliphatic heterocycles. The van der Waals surface area contributed by atoms with Gasteiger partial charge in [-0.15, -0.1) is 0 Å². The molecule has 2 bridgehead atoms. The van der Waals surface area contributed by atoms with Crippen LogP contribution in [0.5, 0.6) is 0 Å². The van der Waals surface area contributed by atoms with Crippen molar-refractivity contribution < 1.29 is 14.6 Å². The molecule has 0 aromatic heterocycles. The first-order valence-electron chi connectivity index (χ1n) is 13.4. The molecule has 186 valence electrons. The molecule has 2 unspecified atom stereocenters. The first-order chi connectivity index (χ1) is 17.4. The Kier molecular flexibility index (Phi) is 5.88. The maximum atomic E-state index is 13.5. The average Bonchev–Trinajstić information content (AvgIpc) is 3.20. The van der Waals surface area contributed by atoms with Crippen LogP contribution in [0, 0.1) is 0 Å². The number of hydrogen-bond donors (Lipinski definition) is 1. The lowest BCUT2D eigenvalue weighted by molar-refractivity contribution is -0.0891. The van der Waals surface area contributed by atoms with E-state index in [0.29, 0.717) is 25.4 Å². The van der Waals surface area contributed by atoms with Crippen LogP contribution in [-0.4, -0.2) is 34.8 Å². The Morgan fingerprint density at radius 2 is 1.47 bits per heavy atom. The van der Waals surface area contributed by atoms with Crippen LogP contribution < -0.4 is 0 Å². The highest BCUT2D eigenvalue weighted by Gasteiger charge is 2.48. The van der Waals surface area contributed by atoms with Gasteiger partial charge in [0.15, 0.2) is 0 Å². The van der Waals surface area contributed by atoms with Crippen molar-refractivity contribution in [3.05, 3.63) is 95.1 Å². The van der Waals surface area contributed by atoms with Crippen LogP contribution in [0.3, 0.4) is 0 Å². The molecule has 2 fully saturated rings. The molecule has 1 N–H and O–H groups in total. The summed E-state index contributed by atoms with van der Waals surface area (Å²) in [7, 11) is 0. The molecule has 0 spiro atoms. The number of hydrogen-bond acceptors (Lipinski definition) is 3. The molecule has 3 aliphatic rings. The van der Waals surface area contributed by atoms with Gasteiger partial charge in [-0.25, -0.2) is 4.79 Å². The molecule has 0 radical (unpaired) electrons. The van der Waals surface area contributed by atoms with Crippen molar-refractivity contribution >= 4 is 6.09 Å². The smallest absolute Gasteiger partial charge is 0.410 e. The lowest BCUT2D eigenvalue weighted by Gasteiger charge is -2.51. The van der Waals surface area contributed by atoms with Gasteiger partial charge >= 0.3 is 6.09 Å². The Balaban J connectivity index is 1.19. The van der Waals surface area contributed by atoms with E-state index in [2.05, 4.69) is 86.6 Å². The SMILES string of the molecule is CC(C)c1ccc(C2(O)CC3CCCC(C2)N3C(=O)OCC2c3ccccc3-c3ccccc32)cc1. The molecular weight excluding hydrogens is 446 g/mol. The van der Waals surface area contributed by atoms with Gasteiger partial charge in [-0.05, 0) is 58.6 Å². The predicted molar refractivity (Wildman–Crippen MR) is 142 cm³/mol. The van der Waals surface area contributed by atoms with E-state index >= 15 is 0 Å². The fraction of sp³-hybridized carbons (Fsp3) is 0.406. The Morgan fingerprint density at radius 3 is 2.03 bits per heavy atom. The highest BCUT2D eigenvalue weighted by atomic mass is 16.6. The van der Waals surface area contributed by atoms with E-state index in [4.69, 9.17) is 4.74 Å². The number of aliphatic hydroxyl groups is 1. The third-order valence-electron chi connectivity index (χ3n) is 8.67. The van der Waals surface area contributed by atoms with Crippen molar-refractivity contribution in [1.29, 1.82) is 0 Å². The molecular formula is C32H35NO3. The summed E-state index contributed by atoms with van der Waals surface area (Å²) in [6, 6.07) is 25.3. The largest absolute Gasteiger partial charge is 0.448 e. The molecule has 1 aliphatic carbocycles. The third-order valence-corrected chi connectivity index (χ3v) is 8.67. The molecule has 2 atom stereocenters. The summed E-state index contributed by atoms with van der Waals surface area (Å²) >= 11 is 0. The second-order valence-corrected chi connectivity index (χ2v) is 11.2. The Labute approximate surface area is 213 Å². The number of benzene rings is 3. The number of ether oxygens (including phenoxy) is 1. The van der Waals surface area contributed by atoms with E-state index in [1.54, 1.807) is 0 Å². The zero-order chi connectivity index (χ0) is 24.9. The molecule has 6 rings (SSSR count). The summed E-state index contributed by atoms with van der Waals surface area (Å²) in [6.07, 6.45) is 3.80. The topological polar surface area (TPSA) is 49.8 Å². The number of carbonyl (C=O) groups excluding carboxylic acids is 1. The zero-order valence-electron chi connectivity index (χ0n) is 21.2. The molecule has 0 saturated carbocycles. The van der Waals surface area contributed by atoms with Crippen molar-refractivity contribution in [2.45, 2.75) is 75.5 Å². The van der Waals surface area contributed by atoms with E-state index in [-0.39, 0.29) is 24.1 Å². The van der Waals surface area contributed by atoms with E-state index in [1.165, 1.54) is 27.8 Å². The van der Waals surface area contributed by atoms with Gasteiger partial charge in [0.25, 0.3) is 0 Å². The highest BCUT2D eigenvalue weighted by Crippen LogP contribution is 2.46. The highest BCUT2D eigenvalue weighted by molar-refractivity contribution is 5.79. The van der Waals surface area contributed by atoms with Crippen LogP contribution in [0.1, 0.15) is 80.0 Å². The zero-order valence-corrected chi connectivity index (χ0v) is 21.2. The second-order valence-electron chi connectivity index (χ2n) is 11.2. The molecule has 1 amide bonds. The number of carbonyl (C=O) groups is 1. The Morgan fingerprint density at radius 1 is 0.917 bits per heavy atom. The number of piperidine rings is 2. The van der Waals surface area contributed by atoms with Gasteiger partial charge in [-0.3, -0.25) is 0 Å². The van der Waals surface area contributed by atoms with Crippen molar-refractivity contribution in [3.63, 3.8) is 0 Å². The second kappa shape index (κ2) is 9.08. The average molecular weight is 482 g/mol. The molecule has 4 heteroatoms. The molecule has 2 saturated heterocycles. The summed E-state index contributed by atoms with van der Waals surface area (Å²) in [6.45, 7) is 4.70. The van der Waals surface area contributed by atoms with Crippen LogP contribution in [0.4, 0.5) is 4.79 Å². The molecule has 36 heavy (non-hydrogen) atoms. The van der Waals surface area contributed by atoms with E-state index in [9.17, 15) is 9.90 Å². The van der Waals surface area contributed by atoms with Crippen molar-refractivity contribution in [3.8, 4) is 11.1 Å². The molecule has 2 heterocycles. The number of rotatable bonds is 4. The summed E-state index contributed by atoms with van der Waals surface area (Å²) in [5.41, 5.74) is 6.27. The van der Waals surface area contributed by atoms with Crippen LogP contribution in [0.25, 0.3) is 11.1 Å². The number of nitrogens with zero attached hydrogens (tertiary/aromatic N) is 1. The fourth-order valence-electron chi connectivity index (χ4n) is 6.81. The minimum atomic E-state index is -0.897. The fourth-order valence-corrected chi connectivity index (χ4v) is 6.81. The quantitative estimate of drug-likeness (QED) is 0.438. The lowest BCUT2D eigenvalue weighted by atomic mass is 9.72. The maximum Gasteiger partial charge on any atom is 0.410 e. The van der Waals surface area contributed by atoms with Gasteiger partial charge in [-0.1, -0.05) is 86.6 Å². The number of fused-ring (bicyclic) bond motifs is 5. The van der Waals surface area contributed by atoms with Gasteiger partial charge in [-0.2, -0.15) is 0 Å². The third kappa shape index (κ3) is 3.92. The summed E-state index contributed by atoms with van der Waals surface area (Å²) in [4.78, 5) is 15.4. The lowest BCUT2D eigenvalue weighted by Crippen LogP contribution is -2.59. The molecule has 4 nitrogen and oxygen atoms in total. The van der Waals surface area contributed by atoms with E-state index < -0.39 is 5.60 Å². The van der Waals surface area contributed by atoms with Gasteiger partial charge in [0.05, 0.1) is 5.60 Å². The molecule has 3 aromatic rings. The minimum Gasteiger partial charge on any atom is -0.448 e. The summed E-state index contributed by atoms with van der Waals surface area (Å²) in [5, 5.41) is 11.7.